The number of carboxylic acid groups (broad SMARTS) is 1. The van der Waals surface area contributed by atoms with Gasteiger partial charge in [0.1, 0.15) is 6.04 Å². The van der Waals surface area contributed by atoms with Crippen LogP contribution in [0.5, 0.6) is 0 Å². The van der Waals surface area contributed by atoms with Crippen LogP contribution in [0.4, 0.5) is 0 Å². The molecule has 1 aliphatic rings. The van der Waals surface area contributed by atoms with Gasteiger partial charge in [-0.05, 0) is 38.3 Å². The molecule has 1 amide bonds. The topological polar surface area (TPSA) is 70.5 Å². The molecule has 23 heavy (non-hydrogen) atoms. The number of carbonyl (C=O) groups excluding carboxylic acids is 1. The number of piperidine rings is 1. The molecule has 3 rings (SSSR count). The first kappa shape index (κ1) is 15.7. The number of benzene rings is 1. The molecule has 5 nitrogen and oxygen atoms in total. The highest BCUT2D eigenvalue weighted by molar-refractivity contribution is 7.09. The Hall–Kier alpha value is -2.21. The summed E-state index contributed by atoms with van der Waals surface area (Å²) >= 11 is 1.56. The third-order valence-corrected chi connectivity index (χ3v) is 4.85. The van der Waals surface area contributed by atoms with Crippen molar-refractivity contribution in [1.29, 1.82) is 0 Å². The summed E-state index contributed by atoms with van der Waals surface area (Å²) in [5.74, 6) is -1.14. The second-order valence-corrected chi connectivity index (χ2v) is 6.74. The van der Waals surface area contributed by atoms with E-state index in [1.54, 1.807) is 23.5 Å². The lowest BCUT2D eigenvalue weighted by molar-refractivity contribution is -0.143. The molecule has 0 spiro atoms. The maximum atomic E-state index is 12.7. The normalized spacial score (nSPS) is 18.0. The maximum Gasteiger partial charge on any atom is 0.326 e. The number of likely N-dealkylation sites (tertiary alicyclic amines) is 1. The summed E-state index contributed by atoms with van der Waals surface area (Å²) in [6.45, 7) is 2.43. The first-order chi connectivity index (χ1) is 11.1. The standard InChI is InChI=1S/C17H18N2O3S/c1-11-18-14(10-23-11)12-5-4-6-13(9-12)16(20)19-8-3-2-7-15(19)17(21)22/h4-6,9-10,15H,2-3,7-8H2,1H3,(H,21,22)/t15-/m0/s1. The monoisotopic (exact) mass is 330 g/mol. The van der Waals surface area contributed by atoms with E-state index in [0.29, 0.717) is 18.5 Å². The van der Waals surface area contributed by atoms with Crippen molar-refractivity contribution in [2.75, 3.05) is 6.54 Å². The maximum absolute atomic E-state index is 12.7. The predicted octanol–water partition coefficient (Wildman–Crippen LogP) is 3.20. The zero-order valence-electron chi connectivity index (χ0n) is 12.9. The molecule has 120 valence electrons. The number of hydrogen-bond donors (Lipinski definition) is 1. The van der Waals surface area contributed by atoms with E-state index >= 15 is 0 Å². The Morgan fingerprint density at radius 1 is 1.35 bits per heavy atom. The van der Waals surface area contributed by atoms with Gasteiger partial charge in [-0.1, -0.05) is 12.1 Å². The van der Waals surface area contributed by atoms with Crippen LogP contribution in [0.15, 0.2) is 29.6 Å². The Balaban J connectivity index is 1.88. The smallest absolute Gasteiger partial charge is 0.326 e. The number of carbonyl (C=O) groups is 2. The Labute approximate surface area is 138 Å². The number of aromatic nitrogens is 1. The third-order valence-electron chi connectivity index (χ3n) is 4.07. The van der Waals surface area contributed by atoms with Crippen LogP contribution in [0, 0.1) is 6.92 Å². The number of hydrogen-bond acceptors (Lipinski definition) is 4. The lowest BCUT2D eigenvalue weighted by Gasteiger charge is -2.33. The minimum Gasteiger partial charge on any atom is -0.480 e. The molecule has 0 unspecified atom stereocenters. The summed E-state index contributed by atoms with van der Waals surface area (Å²) in [5.41, 5.74) is 2.24. The average Bonchev–Trinajstić information content (AvgIpc) is 3.01. The Morgan fingerprint density at radius 3 is 2.87 bits per heavy atom. The largest absolute Gasteiger partial charge is 0.480 e. The molecule has 1 N–H and O–H groups in total. The predicted molar refractivity (Wildman–Crippen MR) is 88.6 cm³/mol. The molecule has 1 atom stereocenters. The first-order valence-electron chi connectivity index (χ1n) is 7.62. The third kappa shape index (κ3) is 3.27. The van der Waals surface area contributed by atoms with Crippen LogP contribution < -0.4 is 0 Å². The summed E-state index contributed by atoms with van der Waals surface area (Å²) in [6, 6.07) is 6.54. The van der Waals surface area contributed by atoms with Crippen molar-refractivity contribution in [1.82, 2.24) is 9.88 Å². The molecule has 0 bridgehead atoms. The number of thiazole rings is 1. The van der Waals surface area contributed by atoms with Gasteiger partial charge >= 0.3 is 5.97 Å². The van der Waals surface area contributed by atoms with Crippen molar-refractivity contribution in [2.24, 2.45) is 0 Å². The number of aliphatic carboxylic acids is 1. The summed E-state index contributed by atoms with van der Waals surface area (Å²) < 4.78 is 0. The van der Waals surface area contributed by atoms with E-state index in [0.717, 1.165) is 29.1 Å². The van der Waals surface area contributed by atoms with Gasteiger partial charge in [0.15, 0.2) is 0 Å². The van der Waals surface area contributed by atoms with Crippen LogP contribution in [-0.2, 0) is 4.79 Å². The van der Waals surface area contributed by atoms with Crippen molar-refractivity contribution in [3.63, 3.8) is 0 Å². The molecule has 1 fully saturated rings. The minimum absolute atomic E-state index is 0.217. The van der Waals surface area contributed by atoms with Crippen LogP contribution in [0.1, 0.15) is 34.6 Å². The van der Waals surface area contributed by atoms with E-state index < -0.39 is 12.0 Å². The van der Waals surface area contributed by atoms with Crippen molar-refractivity contribution < 1.29 is 14.7 Å². The second-order valence-electron chi connectivity index (χ2n) is 5.68. The van der Waals surface area contributed by atoms with Gasteiger partial charge in [-0.3, -0.25) is 4.79 Å². The van der Waals surface area contributed by atoms with E-state index in [2.05, 4.69) is 4.98 Å². The van der Waals surface area contributed by atoms with E-state index in [9.17, 15) is 14.7 Å². The summed E-state index contributed by atoms with van der Waals surface area (Å²) in [5, 5.41) is 12.3. The highest BCUT2D eigenvalue weighted by Gasteiger charge is 2.32. The highest BCUT2D eigenvalue weighted by Crippen LogP contribution is 2.25. The average molecular weight is 330 g/mol. The zero-order chi connectivity index (χ0) is 16.4. The fourth-order valence-electron chi connectivity index (χ4n) is 2.90. The van der Waals surface area contributed by atoms with Crippen molar-refractivity contribution in [2.45, 2.75) is 32.2 Å². The number of rotatable bonds is 3. The van der Waals surface area contributed by atoms with Gasteiger partial charge in [-0.25, -0.2) is 9.78 Å². The van der Waals surface area contributed by atoms with Gasteiger partial charge in [-0.2, -0.15) is 0 Å². The number of nitrogens with zero attached hydrogens (tertiary/aromatic N) is 2. The van der Waals surface area contributed by atoms with Gasteiger partial charge in [0, 0.05) is 23.1 Å². The van der Waals surface area contributed by atoms with Gasteiger partial charge in [0.2, 0.25) is 0 Å². The quantitative estimate of drug-likeness (QED) is 0.938. The van der Waals surface area contributed by atoms with Crippen LogP contribution in [-0.4, -0.2) is 39.5 Å². The van der Waals surface area contributed by atoms with Crippen molar-refractivity contribution in [3.05, 3.63) is 40.2 Å². The van der Waals surface area contributed by atoms with E-state index in [1.807, 2.05) is 24.4 Å². The summed E-state index contributed by atoms with van der Waals surface area (Å²) in [4.78, 5) is 30.1. The van der Waals surface area contributed by atoms with Gasteiger partial charge < -0.3 is 10.0 Å². The fraction of sp³-hybridized carbons (Fsp3) is 0.353. The molecule has 2 heterocycles. The van der Waals surface area contributed by atoms with Crippen molar-refractivity contribution in [3.8, 4) is 11.3 Å². The molecule has 1 aliphatic heterocycles. The van der Waals surface area contributed by atoms with Crippen LogP contribution >= 0.6 is 11.3 Å². The first-order valence-corrected chi connectivity index (χ1v) is 8.50. The summed E-state index contributed by atoms with van der Waals surface area (Å²) in [6.07, 6.45) is 2.21. The SMILES string of the molecule is Cc1nc(-c2cccc(C(=O)N3CCCC[C@H]3C(=O)O)c2)cs1. The van der Waals surface area contributed by atoms with E-state index in [1.165, 1.54) is 4.90 Å². The van der Waals surface area contributed by atoms with E-state index in [-0.39, 0.29) is 5.91 Å². The molecule has 1 aromatic heterocycles. The lowest BCUT2D eigenvalue weighted by Crippen LogP contribution is -2.47. The van der Waals surface area contributed by atoms with Crippen molar-refractivity contribution >= 4 is 23.2 Å². The van der Waals surface area contributed by atoms with Gasteiger partial charge in [-0.15, -0.1) is 11.3 Å². The van der Waals surface area contributed by atoms with Crippen LogP contribution in [0.3, 0.4) is 0 Å². The zero-order valence-corrected chi connectivity index (χ0v) is 13.7. The summed E-state index contributed by atoms with van der Waals surface area (Å²) in [7, 11) is 0. The molecular weight excluding hydrogens is 312 g/mol. The lowest BCUT2D eigenvalue weighted by atomic mass is 10.00. The Morgan fingerprint density at radius 2 is 2.17 bits per heavy atom. The molecule has 0 aliphatic carbocycles. The number of aryl methyl sites for hydroxylation is 1. The number of carboxylic acids is 1. The molecule has 6 heteroatoms. The molecule has 1 aromatic carbocycles. The van der Waals surface area contributed by atoms with Crippen LogP contribution in [0.25, 0.3) is 11.3 Å². The Kier molecular flexibility index (Phi) is 4.43. The minimum atomic E-state index is -0.927. The molecule has 2 aromatic rings. The Bertz CT molecular complexity index is 741. The van der Waals surface area contributed by atoms with E-state index in [4.69, 9.17) is 0 Å². The van der Waals surface area contributed by atoms with Gasteiger partial charge in [0.25, 0.3) is 5.91 Å². The van der Waals surface area contributed by atoms with Gasteiger partial charge in [0.05, 0.1) is 10.7 Å². The second kappa shape index (κ2) is 6.50. The van der Waals surface area contributed by atoms with Crippen LogP contribution in [0.2, 0.25) is 0 Å². The molecule has 0 saturated carbocycles. The fourth-order valence-corrected chi connectivity index (χ4v) is 3.53. The molecular formula is C17H18N2O3S. The molecule has 0 radical (unpaired) electrons. The molecule has 1 saturated heterocycles. The number of amides is 1. The highest BCUT2D eigenvalue weighted by atomic mass is 32.1.